The van der Waals surface area contributed by atoms with Crippen LogP contribution in [0.4, 0.5) is 0 Å². The van der Waals surface area contributed by atoms with Crippen molar-refractivity contribution in [2.45, 2.75) is 87.3 Å². The van der Waals surface area contributed by atoms with Crippen LogP contribution in [0.2, 0.25) is 0 Å². The van der Waals surface area contributed by atoms with Crippen molar-refractivity contribution in [1.82, 2.24) is 0 Å². The van der Waals surface area contributed by atoms with Gasteiger partial charge in [-0.05, 0) is 54.8 Å². The zero-order valence-corrected chi connectivity index (χ0v) is 20.7. The number of benzene rings is 2. The molecule has 0 fully saturated rings. The fraction of sp³-hybridized carbons (Fsp3) is 0.500. The number of hydrogen-bond acceptors (Lipinski definition) is 5. The molecule has 0 atom stereocenters. The minimum Gasteiger partial charge on any atom is -0.456 e. The van der Waals surface area contributed by atoms with Crippen LogP contribution in [0.3, 0.4) is 0 Å². The predicted molar refractivity (Wildman–Crippen MR) is 128 cm³/mol. The first kappa shape index (κ1) is 27.3. The summed E-state index contributed by atoms with van der Waals surface area (Å²) in [5, 5.41) is 0. The summed E-state index contributed by atoms with van der Waals surface area (Å²) >= 11 is 0. The Labute approximate surface area is 197 Å². The van der Waals surface area contributed by atoms with Gasteiger partial charge in [0.2, 0.25) is 0 Å². The normalized spacial score (nSPS) is 12.1. The summed E-state index contributed by atoms with van der Waals surface area (Å²) in [6.07, 6.45) is 13.0. The molecule has 0 bridgehead atoms. The number of aryl methyl sites for hydroxylation is 1. The van der Waals surface area contributed by atoms with Crippen LogP contribution in [0.5, 0.6) is 11.5 Å². The van der Waals surface area contributed by atoms with Gasteiger partial charge in [-0.15, -0.1) is 0 Å². The molecular weight excluding hydrogens is 464 g/mol. The third kappa shape index (κ3) is 9.83. The molecule has 0 saturated heterocycles. The predicted octanol–water partition coefficient (Wildman–Crippen LogP) is 6.44. The quantitative estimate of drug-likeness (QED) is 0.214. The summed E-state index contributed by atoms with van der Waals surface area (Å²) in [7, 11) is -8.85. The van der Waals surface area contributed by atoms with Crippen LogP contribution in [-0.4, -0.2) is 25.9 Å². The van der Waals surface area contributed by atoms with E-state index < -0.39 is 20.2 Å². The molecule has 2 aromatic rings. The first-order valence-corrected chi connectivity index (χ1v) is 14.3. The number of unbranched alkanes of at least 4 members (excludes halogenated alkanes) is 9. The number of rotatable bonds is 15. The molecule has 0 aliphatic carbocycles. The van der Waals surface area contributed by atoms with E-state index in [1.807, 2.05) is 0 Å². The lowest BCUT2D eigenvalue weighted by Crippen LogP contribution is -2.02. The molecular formula is C24H34O7S2. The molecule has 0 aliphatic heterocycles. The molecule has 0 aliphatic rings. The summed E-state index contributed by atoms with van der Waals surface area (Å²) in [5.74, 6) is 0.130. The van der Waals surface area contributed by atoms with Crippen molar-refractivity contribution < 1.29 is 30.7 Å². The van der Waals surface area contributed by atoms with Gasteiger partial charge in [-0.2, -0.15) is 16.8 Å². The fourth-order valence-corrected chi connectivity index (χ4v) is 4.70. The highest BCUT2D eigenvalue weighted by atomic mass is 32.2. The highest BCUT2D eigenvalue weighted by Gasteiger charge is 2.18. The topological polar surface area (TPSA) is 118 Å². The second-order valence-corrected chi connectivity index (χ2v) is 11.0. The van der Waals surface area contributed by atoms with Gasteiger partial charge in [-0.3, -0.25) is 9.11 Å². The maximum atomic E-state index is 11.7. The lowest BCUT2D eigenvalue weighted by Gasteiger charge is -2.12. The Hall–Kier alpha value is -1.94. The van der Waals surface area contributed by atoms with E-state index in [-0.39, 0.29) is 21.3 Å². The minimum absolute atomic E-state index is 0.0401. The van der Waals surface area contributed by atoms with Crippen molar-refractivity contribution >= 4 is 20.2 Å². The average molecular weight is 499 g/mol. The summed E-state index contributed by atoms with van der Waals surface area (Å²) in [6.45, 7) is 2.22. The molecule has 7 nitrogen and oxygen atoms in total. The second kappa shape index (κ2) is 13.1. The van der Waals surface area contributed by atoms with Crippen LogP contribution in [0, 0.1) is 0 Å². The molecule has 184 valence electrons. The Bertz CT molecular complexity index is 1080. The van der Waals surface area contributed by atoms with Gasteiger partial charge in [0.25, 0.3) is 20.2 Å². The number of hydrogen-bond donors (Lipinski definition) is 2. The van der Waals surface area contributed by atoms with Crippen molar-refractivity contribution in [1.29, 1.82) is 0 Å². The van der Waals surface area contributed by atoms with Crippen LogP contribution in [0.25, 0.3) is 0 Å². The second-order valence-electron chi connectivity index (χ2n) is 8.24. The van der Waals surface area contributed by atoms with Crippen molar-refractivity contribution in [2.75, 3.05) is 0 Å². The Balaban J connectivity index is 1.94. The van der Waals surface area contributed by atoms with E-state index >= 15 is 0 Å². The van der Waals surface area contributed by atoms with Crippen LogP contribution in [-0.2, 0) is 26.7 Å². The van der Waals surface area contributed by atoms with E-state index in [0.717, 1.165) is 37.0 Å². The van der Waals surface area contributed by atoms with E-state index in [1.54, 1.807) is 12.1 Å². The zero-order chi connectivity index (χ0) is 24.3. The molecule has 0 saturated carbocycles. The van der Waals surface area contributed by atoms with Crippen molar-refractivity contribution in [3.63, 3.8) is 0 Å². The highest BCUT2D eigenvalue weighted by molar-refractivity contribution is 7.86. The lowest BCUT2D eigenvalue weighted by atomic mass is 10.0. The zero-order valence-electron chi connectivity index (χ0n) is 19.1. The van der Waals surface area contributed by atoms with Gasteiger partial charge >= 0.3 is 0 Å². The van der Waals surface area contributed by atoms with Crippen LogP contribution < -0.4 is 4.74 Å². The van der Waals surface area contributed by atoms with Crippen LogP contribution in [0.1, 0.15) is 76.7 Å². The summed E-state index contributed by atoms with van der Waals surface area (Å²) in [5.41, 5.74) is 0.881. The van der Waals surface area contributed by atoms with Gasteiger partial charge in [0.05, 0.1) is 4.90 Å². The van der Waals surface area contributed by atoms with Gasteiger partial charge < -0.3 is 4.74 Å². The Morgan fingerprint density at radius 1 is 0.697 bits per heavy atom. The molecule has 33 heavy (non-hydrogen) atoms. The van der Waals surface area contributed by atoms with Crippen molar-refractivity contribution in [3.8, 4) is 11.5 Å². The van der Waals surface area contributed by atoms with E-state index in [9.17, 15) is 21.4 Å². The standard InChI is InChI=1S/C24H34O7S2/c1-2-3-4-5-6-7-8-9-10-11-12-20-13-18-24(33(28,29)30)23(19-20)31-21-14-16-22(17-15-21)32(25,26)27/h13-19H,2-12H2,1H3,(H,25,26,27)(H,28,29,30). The van der Waals surface area contributed by atoms with Gasteiger partial charge in [-0.25, -0.2) is 0 Å². The minimum atomic E-state index is -4.51. The van der Waals surface area contributed by atoms with E-state index in [1.165, 1.54) is 69.6 Å². The lowest BCUT2D eigenvalue weighted by molar-refractivity contribution is 0.449. The third-order valence-electron chi connectivity index (χ3n) is 5.45. The third-order valence-corrected chi connectivity index (χ3v) is 7.22. The van der Waals surface area contributed by atoms with Gasteiger partial charge in [0, 0.05) is 0 Å². The first-order chi connectivity index (χ1) is 15.6. The molecule has 0 aromatic heterocycles. The van der Waals surface area contributed by atoms with Crippen molar-refractivity contribution in [3.05, 3.63) is 48.0 Å². The smallest absolute Gasteiger partial charge is 0.298 e. The highest BCUT2D eigenvalue weighted by Crippen LogP contribution is 2.31. The molecule has 0 spiro atoms. The Kier molecular flexibility index (Phi) is 10.8. The van der Waals surface area contributed by atoms with Crippen LogP contribution in [0.15, 0.2) is 52.3 Å². The maximum Gasteiger partial charge on any atom is 0.298 e. The Morgan fingerprint density at radius 2 is 1.24 bits per heavy atom. The SMILES string of the molecule is CCCCCCCCCCCCc1ccc(S(=O)(=O)O)c(Oc2ccc(S(=O)(=O)O)cc2)c1. The fourth-order valence-electron chi connectivity index (χ4n) is 3.62. The van der Waals surface area contributed by atoms with Gasteiger partial charge in [-0.1, -0.05) is 70.8 Å². The van der Waals surface area contributed by atoms with E-state index in [0.29, 0.717) is 0 Å². The average Bonchev–Trinajstić information content (AvgIpc) is 2.74. The summed E-state index contributed by atoms with van der Waals surface area (Å²) in [6, 6.07) is 9.43. The molecule has 0 radical (unpaired) electrons. The molecule has 0 unspecified atom stereocenters. The van der Waals surface area contributed by atoms with Crippen LogP contribution >= 0.6 is 0 Å². The molecule has 2 rings (SSSR count). The number of ether oxygens (including phenoxy) is 1. The van der Waals surface area contributed by atoms with E-state index in [2.05, 4.69) is 6.92 Å². The molecule has 0 heterocycles. The first-order valence-electron chi connectivity index (χ1n) is 11.5. The molecule has 9 heteroatoms. The van der Waals surface area contributed by atoms with E-state index in [4.69, 9.17) is 9.29 Å². The molecule has 0 amide bonds. The summed E-state index contributed by atoms with van der Waals surface area (Å²) in [4.78, 5) is -0.673. The Morgan fingerprint density at radius 3 is 1.76 bits per heavy atom. The molecule has 2 aromatic carbocycles. The van der Waals surface area contributed by atoms with Gasteiger partial charge in [0.15, 0.2) is 0 Å². The maximum absolute atomic E-state index is 11.7. The van der Waals surface area contributed by atoms with Crippen molar-refractivity contribution in [2.24, 2.45) is 0 Å². The molecule has 2 N–H and O–H groups in total. The summed E-state index contributed by atoms with van der Waals surface area (Å²) < 4.78 is 70.1. The van der Waals surface area contributed by atoms with Gasteiger partial charge in [0.1, 0.15) is 16.4 Å². The largest absolute Gasteiger partial charge is 0.456 e. The monoisotopic (exact) mass is 498 g/mol.